The van der Waals surface area contributed by atoms with E-state index in [1.807, 2.05) is 20.0 Å². The van der Waals surface area contributed by atoms with Gasteiger partial charge in [-0.2, -0.15) is 5.10 Å². The van der Waals surface area contributed by atoms with E-state index in [0.29, 0.717) is 18.9 Å². The van der Waals surface area contributed by atoms with Gasteiger partial charge >= 0.3 is 0 Å². The molecule has 7 nitrogen and oxygen atoms in total. The minimum atomic E-state index is 0.191. The minimum absolute atomic E-state index is 0.191. The second-order valence-electron chi connectivity index (χ2n) is 7.68. The zero-order valence-electron chi connectivity index (χ0n) is 15.6. The number of amides is 1. The molecule has 3 heterocycles. The molecule has 4 rings (SSSR count). The van der Waals surface area contributed by atoms with Crippen LogP contribution in [0.15, 0.2) is 16.8 Å². The Hall–Kier alpha value is -2.15. The predicted molar refractivity (Wildman–Crippen MR) is 96.3 cm³/mol. The molecule has 2 aromatic heterocycles. The lowest BCUT2D eigenvalue weighted by Crippen LogP contribution is -2.39. The molecule has 0 unspecified atom stereocenters. The lowest BCUT2D eigenvalue weighted by Gasteiger charge is -2.34. The highest BCUT2D eigenvalue weighted by molar-refractivity contribution is 5.76. The fraction of sp³-hybridized carbons (Fsp3) is 0.632. The monoisotopic (exact) mass is 357 g/mol. The van der Waals surface area contributed by atoms with Crippen LogP contribution in [-0.4, -0.2) is 38.8 Å². The van der Waals surface area contributed by atoms with Gasteiger partial charge in [0.05, 0.1) is 17.4 Å². The Balaban J connectivity index is 1.37. The van der Waals surface area contributed by atoms with E-state index in [1.54, 1.807) is 0 Å². The molecule has 2 aliphatic rings. The van der Waals surface area contributed by atoms with Crippen molar-refractivity contribution in [2.45, 2.75) is 58.7 Å². The number of carbonyl (C=O) groups excluding carboxylic acids is 1. The Morgan fingerprint density at radius 2 is 2.23 bits per heavy atom. The fourth-order valence-electron chi connectivity index (χ4n) is 3.78. The highest BCUT2D eigenvalue weighted by atomic mass is 16.5. The molecule has 1 amide bonds. The van der Waals surface area contributed by atoms with Gasteiger partial charge in [-0.25, -0.2) is 0 Å². The average molecular weight is 357 g/mol. The molecule has 1 fully saturated rings. The van der Waals surface area contributed by atoms with E-state index in [1.165, 1.54) is 24.1 Å². The molecular formula is C19H27N5O2. The molecule has 0 spiro atoms. The van der Waals surface area contributed by atoms with Gasteiger partial charge in [0.25, 0.3) is 0 Å². The van der Waals surface area contributed by atoms with Crippen LogP contribution in [0, 0.1) is 19.8 Å². The van der Waals surface area contributed by atoms with Gasteiger partial charge in [-0.15, -0.1) is 0 Å². The molecule has 2 aromatic rings. The first kappa shape index (κ1) is 17.3. The number of nitrogens with one attached hydrogen (secondary N) is 1. The highest BCUT2D eigenvalue weighted by Crippen LogP contribution is 2.32. The quantitative estimate of drug-likeness (QED) is 0.823. The maximum absolute atomic E-state index is 11.9. The summed E-state index contributed by atoms with van der Waals surface area (Å²) in [5, 5.41) is 11.7. The van der Waals surface area contributed by atoms with Crippen LogP contribution in [0.25, 0.3) is 0 Å². The molecule has 0 radical (unpaired) electrons. The molecule has 7 heteroatoms. The summed E-state index contributed by atoms with van der Waals surface area (Å²) in [5.41, 5.74) is 3.36. The zero-order chi connectivity index (χ0) is 18.1. The standard InChI is InChI=1S/C19H27N5O2/c1-13-18(14(2)26-22-13)12-23-10-16(24-17(11-23)6-8-21-24)5-7-20-19(25)9-15-3-4-15/h6,8,15-16H,3-5,7,9-12H2,1-2H3,(H,20,25)/t16-/m0/s1. The van der Waals surface area contributed by atoms with Crippen molar-refractivity contribution < 1.29 is 9.32 Å². The van der Waals surface area contributed by atoms with E-state index in [9.17, 15) is 4.79 Å². The summed E-state index contributed by atoms with van der Waals surface area (Å²) in [5.74, 6) is 1.72. The average Bonchev–Trinajstić information content (AvgIpc) is 3.20. The zero-order valence-corrected chi connectivity index (χ0v) is 15.6. The lowest BCUT2D eigenvalue weighted by molar-refractivity contribution is -0.121. The third-order valence-corrected chi connectivity index (χ3v) is 5.49. The first-order valence-corrected chi connectivity index (χ1v) is 9.53. The van der Waals surface area contributed by atoms with Gasteiger partial charge in [-0.3, -0.25) is 14.4 Å². The minimum Gasteiger partial charge on any atom is -0.361 e. The molecule has 1 saturated carbocycles. The molecule has 0 bridgehead atoms. The number of carbonyl (C=O) groups is 1. The summed E-state index contributed by atoms with van der Waals surface area (Å²) in [4.78, 5) is 14.3. The Morgan fingerprint density at radius 1 is 1.38 bits per heavy atom. The van der Waals surface area contributed by atoms with Crippen molar-refractivity contribution in [3.8, 4) is 0 Å². The van der Waals surface area contributed by atoms with Crippen molar-refractivity contribution >= 4 is 5.91 Å². The molecule has 1 aliphatic carbocycles. The van der Waals surface area contributed by atoms with Crippen LogP contribution < -0.4 is 5.32 Å². The Kier molecular flexibility index (Phi) is 4.80. The summed E-state index contributed by atoms with van der Waals surface area (Å²) >= 11 is 0. The highest BCUT2D eigenvalue weighted by Gasteiger charge is 2.27. The maximum atomic E-state index is 11.9. The molecule has 140 valence electrons. The predicted octanol–water partition coefficient (Wildman–Crippen LogP) is 2.35. The van der Waals surface area contributed by atoms with Gasteiger partial charge < -0.3 is 9.84 Å². The molecule has 0 aromatic carbocycles. The molecule has 1 aliphatic heterocycles. The Morgan fingerprint density at radius 3 is 2.96 bits per heavy atom. The second-order valence-corrected chi connectivity index (χ2v) is 7.68. The van der Waals surface area contributed by atoms with E-state index >= 15 is 0 Å². The van der Waals surface area contributed by atoms with E-state index in [0.717, 1.165) is 37.5 Å². The van der Waals surface area contributed by atoms with Crippen LogP contribution in [0.3, 0.4) is 0 Å². The largest absolute Gasteiger partial charge is 0.361 e. The third-order valence-electron chi connectivity index (χ3n) is 5.49. The molecule has 1 N–H and O–H groups in total. The summed E-state index contributed by atoms with van der Waals surface area (Å²) in [6.45, 7) is 7.28. The number of fused-ring (bicyclic) bond motifs is 1. The molecule has 26 heavy (non-hydrogen) atoms. The fourth-order valence-corrected chi connectivity index (χ4v) is 3.78. The van der Waals surface area contributed by atoms with Crippen molar-refractivity contribution in [3.63, 3.8) is 0 Å². The Labute approximate surface area is 153 Å². The van der Waals surface area contributed by atoms with Crippen LogP contribution in [0.4, 0.5) is 0 Å². The van der Waals surface area contributed by atoms with Crippen LogP contribution in [0.5, 0.6) is 0 Å². The number of nitrogens with zero attached hydrogens (tertiary/aromatic N) is 4. The topological polar surface area (TPSA) is 76.2 Å². The maximum Gasteiger partial charge on any atom is 0.220 e. The van der Waals surface area contributed by atoms with E-state index in [-0.39, 0.29) is 11.9 Å². The van der Waals surface area contributed by atoms with Crippen LogP contribution in [0.1, 0.15) is 54.4 Å². The second kappa shape index (κ2) is 7.23. The van der Waals surface area contributed by atoms with Gasteiger partial charge in [0.1, 0.15) is 5.76 Å². The van der Waals surface area contributed by atoms with E-state index < -0.39 is 0 Å². The van der Waals surface area contributed by atoms with Gasteiger partial charge in [0, 0.05) is 44.4 Å². The number of rotatable bonds is 7. The summed E-state index contributed by atoms with van der Waals surface area (Å²) in [6, 6.07) is 2.36. The third kappa shape index (κ3) is 3.82. The van der Waals surface area contributed by atoms with Crippen LogP contribution >= 0.6 is 0 Å². The van der Waals surface area contributed by atoms with Gasteiger partial charge in [-0.05, 0) is 45.1 Å². The van der Waals surface area contributed by atoms with Gasteiger partial charge in [-0.1, -0.05) is 5.16 Å². The smallest absolute Gasteiger partial charge is 0.220 e. The molecule has 0 saturated heterocycles. The Bertz CT molecular complexity index is 757. The van der Waals surface area contributed by atoms with Crippen LogP contribution in [0.2, 0.25) is 0 Å². The van der Waals surface area contributed by atoms with Gasteiger partial charge in [0.2, 0.25) is 5.91 Å². The SMILES string of the molecule is Cc1noc(C)c1CN1Cc2ccnn2[C@@H](CCNC(=O)CC2CC2)C1. The van der Waals surface area contributed by atoms with Crippen molar-refractivity contribution in [3.05, 3.63) is 35.0 Å². The van der Waals surface area contributed by atoms with Crippen molar-refractivity contribution in [1.29, 1.82) is 0 Å². The van der Waals surface area contributed by atoms with Gasteiger partial charge in [0.15, 0.2) is 0 Å². The van der Waals surface area contributed by atoms with Crippen molar-refractivity contribution in [2.24, 2.45) is 5.92 Å². The summed E-state index contributed by atoms with van der Waals surface area (Å²) < 4.78 is 7.43. The lowest BCUT2D eigenvalue weighted by atomic mass is 10.1. The van der Waals surface area contributed by atoms with Crippen LogP contribution in [-0.2, 0) is 17.9 Å². The molecular weight excluding hydrogens is 330 g/mol. The van der Waals surface area contributed by atoms with Crippen molar-refractivity contribution in [1.82, 2.24) is 25.2 Å². The number of aromatic nitrogens is 3. The normalized spacial score (nSPS) is 20.2. The van der Waals surface area contributed by atoms with E-state index in [2.05, 4.69) is 31.2 Å². The number of hydrogen-bond acceptors (Lipinski definition) is 5. The number of hydrogen-bond donors (Lipinski definition) is 1. The number of aryl methyl sites for hydroxylation is 2. The first-order chi connectivity index (χ1) is 12.6. The van der Waals surface area contributed by atoms with E-state index in [4.69, 9.17) is 4.52 Å². The first-order valence-electron chi connectivity index (χ1n) is 9.53. The molecule has 1 atom stereocenters. The summed E-state index contributed by atoms with van der Waals surface area (Å²) in [7, 11) is 0. The van der Waals surface area contributed by atoms with Crippen molar-refractivity contribution in [2.75, 3.05) is 13.1 Å². The summed E-state index contributed by atoms with van der Waals surface area (Å²) in [6.07, 6.45) is 5.87.